The van der Waals surface area contributed by atoms with Crippen LogP contribution in [0.15, 0.2) is 60.3 Å². The van der Waals surface area contributed by atoms with Crippen molar-refractivity contribution in [2.45, 2.75) is 146 Å². The highest BCUT2D eigenvalue weighted by atomic mass is 16.6. The highest BCUT2D eigenvalue weighted by Gasteiger charge is 2.37. The number of aliphatic hydroxyl groups is 9. The Labute approximate surface area is 273 Å². The fourth-order valence-corrected chi connectivity index (χ4v) is 5.27. The molecule has 11 nitrogen and oxygen atoms in total. The molecule has 46 heavy (non-hydrogen) atoms. The number of allylic oxidation sites excluding steroid dienone is 8. The molecule has 1 rings (SSSR count). The summed E-state index contributed by atoms with van der Waals surface area (Å²) in [4.78, 5) is 13.1. The van der Waals surface area contributed by atoms with Gasteiger partial charge in [-0.3, -0.25) is 4.79 Å². The van der Waals surface area contributed by atoms with Gasteiger partial charge in [0, 0.05) is 12.8 Å². The lowest BCUT2D eigenvalue weighted by molar-refractivity contribution is -0.168. The second-order valence-corrected chi connectivity index (χ2v) is 12.4. The van der Waals surface area contributed by atoms with E-state index in [1.165, 1.54) is 13.0 Å². The van der Waals surface area contributed by atoms with Crippen LogP contribution in [0.3, 0.4) is 0 Å². The predicted octanol–water partition coefficient (Wildman–Crippen LogP) is 1.89. The van der Waals surface area contributed by atoms with Crippen molar-refractivity contribution in [1.29, 1.82) is 0 Å². The van der Waals surface area contributed by atoms with Crippen LogP contribution in [0.1, 0.15) is 85.0 Å². The first-order chi connectivity index (χ1) is 21.7. The summed E-state index contributed by atoms with van der Waals surface area (Å²) in [7, 11) is 0. The van der Waals surface area contributed by atoms with Gasteiger partial charge in [0.2, 0.25) is 0 Å². The van der Waals surface area contributed by atoms with Gasteiger partial charge in [-0.05, 0) is 51.5 Å². The van der Waals surface area contributed by atoms with Gasteiger partial charge in [-0.25, -0.2) is 0 Å². The lowest BCUT2D eigenvalue weighted by Crippen LogP contribution is -2.43. The number of ether oxygens (including phenoxy) is 1. The second-order valence-electron chi connectivity index (χ2n) is 12.4. The molecule has 0 fully saturated rings. The number of unbranched alkanes of at least 4 members (excludes halogenated alkanes) is 2. The normalized spacial score (nSPS) is 38.6. The maximum atomic E-state index is 13.1. The second kappa shape index (κ2) is 23.2. The number of rotatable bonds is 5. The zero-order valence-electron chi connectivity index (χ0n) is 27.5. The molecule has 11 heteroatoms. The average Bonchev–Trinajstić information content (AvgIpc) is 2.94. The minimum atomic E-state index is -1.52. The molecule has 1 aliphatic heterocycles. The molecule has 1 aliphatic rings. The number of carbonyl (C=O) groups excluding carboxylic acids is 1. The molecule has 0 aromatic carbocycles. The van der Waals surface area contributed by atoms with Crippen molar-refractivity contribution in [3.05, 3.63) is 60.3 Å². The third-order valence-corrected chi connectivity index (χ3v) is 8.03. The maximum Gasteiger partial charge on any atom is 0.314 e. The number of cyclic esters (lactones) is 1. The number of aliphatic hydroxyl groups excluding tert-OH is 9. The molecule has 0 saturated heterocycles. The Hall–Kier alpha value is -2.19. The Morgan fingerprint density at radius 2 is 1.20 bits per heavy atom. The van der Waals surface area contributed by atoms with E-state index >= 15 is 0 Å². The van der Waals surface area contributed by atoms with Crippen LogP contribution < -0.4 is 0 Å². The fraction of sp³-hybridized carbons (Fsp3) is 0.686. The molecule has 0 spiro atoms. The first-order valence-corrected chi connectivity index (χ1v) is 16.4. The van der Waals surface area contributed by atoms with E-state index in [-0.39, 0.29) is 44.9 Å². The zero-order valence-corrected chi connectivity index (χ0v) is 27.5. The van der Waals surface area contributed by atoms with Gasteiger partial charge in [-0.15, -0.1) is 0 Å². The molecule has 0 bridgehead atoms. The zero-order chi connectivity index (χ0) is 34.6. The van der Waals surface area contributed by atoms with Crippen LogP contribution in [0.5, 0.6) is 0 Å². The van der Waals surface area contributed by atoms with Crippen LogP contribution in [0.25, 0.3) is 0 Å². The quantitative estimate of drug-likeness (QED) is 0.154. The van der Waals surface area contributed by atoms with Crippen molar-refractivity contribution in [1.82, 2.24) is 0 Å². The Bertz CT molecular complexity index is 991. The highest BCUT2D eigenvalue weighted by molar-refractivity contribution is 5.74. The molecule has 1 unspecified atom stereocenters. The van der Waals surface area contributed by atoms with Crippen molar-refractivity contribution in [3.63, 3.8) is 0 Å². The van der Waals surface area contributed by atoms with Gasteiger partial charge in [-0.1, -0.05) is 80.9 Å². The monoisotopic (exact) mass is 654 g/mol. The lowest BCUT2D eigenvalue weighted by Gasteiger charge is -2.29. The summed E-state index contributed by atoms with van der Waals surface area (Å²) in [5.41, 5.74) is 0.609. The van der Waals surface area contributed by atoms with Gasteiger partial charge >= 0.3 is 5.97 Å². The molecule has 0 aliphatic carbocycles. The largest absolute Gasteiger partial charge is 0.459 e. The summed E-state index contributed by atoms with van der Waals surface area (Å²) in [6.45, 7) is 5.18. The van der Waals surface area contributed by atoms with E-state index in [9.17, 15) is 50.8 Å². The van der Waals surface area contributed by atoms with Crippen molar-refractivity contribution >= 4 is 5.97 Å². The number of esters is 1. The van der Waals surface area contributed by atoms with Crippen molar-refractivity contribution in [3.8, 4) is 0 Å². The number of carbonyl (C=O) groups is 1. The molecular weight excluding hydrogens is 596 g/mol. The summed E-state index contributed by atoms with van der Waals surface area (Å²) < 4.78 is 5.42. The minimum Gasteiger partial charge on any atom is -0.459 e. The Morgan fingerprint density at radius 3 is 1.74 bits per heavy atom. The first-order valence-electron chi connectivity index (χ1n) is 16.4. The van der Waals surface area contributed by atoms with Crippen LogP contribution in [0.2, 0.25) is 0 Å². The van der Waals surface area contributed by atoms with Gasteiger partial charge in [-0.2, -0.15) is 0 Å². The molecule has 0 aromatic rings. The van der Waals surface area contributed by atoms with Crippen LogP contribution in [0.4, 0.5) is 0 Å². The van der Waals surface area contributed by atoms with E-state index in [2.05, 4.69) is 0 Å². The summed E-state index contributed by atoms with van der Waals surface area (Å²) in [5.74, 6) is -2.33. The van der Waals surface area contributed by atoms with Crippen molar-refractivity contribution in [2.75, 3.05) is 0 Å². The molecule has 1 heterocycles. The van der Waals surface area contributed by atoms with E-state index in [1.807, 2.05) is 6.92 Å². The first kappa shape index (κ1) is 41.8. The SMILES string of the molecule is CCCCC[C@@H](O)[C@@H]1C(=O)O[C@H](C)[C@@H](O)/C=C/C=C/C=C\C=C\C=C(/C)[C@@H](O)C[C@@H](O)CC(O)C[C@H](O)C[C@@H](O)C[C@H](O)C[C@@H]1O. The van der Waals surface area contributed by atoms with Crippen LogP contribution in [-0.2, 0) is 9.53 Å². The summed E-state index contributed by atoms with van der Waals surface area (Å²) in [5, 5.41) is 94.8. The standard InChI is InChI=1S/C35H58O11/c1-4-5-11-16-31(42)34-33(44)22-29(40)20-27(38)18-25(36)17-26(37)19-28(39)21-32(43)23(2)14-12-9-7-6-8-10-13-15-30(41)24(3)46-35(34)45/h6-10,12-15,24-34,36-44H,4-5,11,16-22H2,1-3H3/b7-6-,10-8+,12-9+,15-13+,23-14+/t24-,25+,26?,27-,28+,29+,30+,31-,32+,33+,34+/m1/s1. The molecule has 0 saturated carbocycles. The fourth-order valence-electron chi connectivity index (χ4n) is 5.27. The van der Waals surface area contributed by atoms with E-state index in [0.29, 0.717) is 12.0 Å². The maximum absolute atomic E-state index is 13.1. The van der Waals surface area contributed by atoms with Gasteiger partial charge in [0.05, 0.1) is 48.8 Å². The molecule has 0 aromatic heterocycles. The van der Waals surface area contributed by atoms with E-state index in [1.54, 1.807) is 55.5 Å². The lowest BCUT2D eigenvalue weighted by atomic mass is 9.87. The van der Waals surface area contributed by atoms with Crippen LogP contribution in [0, 0.1) is 5.92 Å². The number of hydrogen-bond donors (Lipinski definition) is 9. The molecule has 11 atom stereocenters. The Balaban J connectivity index is 3.14. The van der Waals surface area contributed by atoms with Crippen molar-refractivity contribution in [2.24, 2.45) is 5.92 Å². The molecule has 0 amide bonds. The smallest absolute Gasteiger partial charge is 0.314 e. The summed E-state index contributed by atoms with van der Waals surface area (Å²) in [6.07, 6.45) is 4.69. The molecule has 9 N–H and O–H groups in total. The number of hydrogen-bond acceptors (Lipinski definition) is 11. The van der Waals surface area contributed by atoms with Gasteiger partial charge in [0.1, 0.15) is 18.1 Å². The Morgan fingerprint density at radius 1 is 0.717 bits per heavy atom. The van der Waals surface area contributed by atoms with E-state index in [4.69, 9.17) is 4.74 Å². The van der Waals surface area contributed by atoms with Gasteiger partial charge < -0.3 is 50.7 Å². The average molecular weight is 655 g/mol. The molecular formula is C35H58O11. The molecule has 264 valence electrons. The minimum absolute atomic E-state index is 0.0162. The summed E-state index contributed by atoms with van der Waals surface area (Å²) >= 11 is 0. The summed E-state index contributed by atoms with van der Waals surface area (Å²) in [6, 6.07) is 0. The third-order valence-electron chi connectivity index (χ3n) is 8.03. The highest BCUT2D eigenvalue weighted by Crippen LogP contribution is 2.24. The molecule has 0 radical (unpaired) electrons. The third kappa shape index (κ3) is 17.7. The van der Waals surface area contributed by atoms with Crippen molar-refractivity contribution < 1.29 is 55.5 Å². The van der Waals surface area contributed by atoms with E-state index < -0.39 is 72.9 Å². The van der Waals surface area contributed by atoms with Crippen LogP contribution >= 0.6 is 0 Å². The predicted molar refractivity (Wildman–Crippen MR) is 175 cm³/mol. The van der Waals surface area contributed by atoms with Gasteiger partial charge in [0.25, 0.3) is 0 Å². The Kier molecular flexibility index (Phi) is 21.1. The van der Waals surface area contributed by atoms with E-state index in [0.717, 1.165) is 12.8 Å². The van der Waals surface area contributed by atoms with Gasteiger partial charge in [0.15, 0.2) is 0 Å². The van der Waals surface area contributed by atoms with Crippen LogP contribution in [-0.4, -0.2) is 113 Å². The topological polar surface area (TPSA) is 208 Å².